The van der Waals surface area contributed by atoms with Crippen LogP contribution in [0.1, 0.15) is 21.5 Å². The van der Waals surface area contributed by atoms with Crippen LogP contribution in [0.15, 0.2) is 42.2 Å². The van der Waals surface area contributed by atoms with Crippen molar-refractivity contribution >= 4 is 23.5 Å². The molecule has 2 aromatic carbocycles. The van der Waals surface area contributed by atoms with Crippen LogP contribution < -0.4 is 4.74 Å². The number of fused-ring (bicyclic) bond motifs is 1. The van der Waals surface area contributed by atoms with Crippen molar-refractivity contribution in [1.29, 1.82) is 0 Å². The fourth-order valence-electron chi connectivity index (χ4n) is 3.18. The molecule has 0 bridgehead atoms. The zero-order valence-corrected chi connectivity index (χ0v) is 14.8. The van der Waals surface area contributed by atoms with E-state index in [9.17, 15) is 9.90 Å². The van der Waals surface area contributed by atoms with Gasteiger partial charge in [0.25, 0.3) is 0 Å². The smallest absolute Gasteiger partial charge is 0.231 e. The molecule has 2 aliphatic heterocycles. The maximum atomic E-state index is 12.7. The van der Waals surface area contributed by atoms with Crippen LogP contribution in [0.5, 0.6) is 11.5 Å². The summed E-state index contributed by atoms with van der Waals surface area (Å²) >= 11 is 6.01. The van der Waals surface area contributed by atoms with E-state index in [1.165, 1.54) is 0 Å². The molecule has 0 aliphatic carbocycles. The summed E-state index contributed by atoms with van der Waals surface area (Å²) in [4.78, 5) is 14.9. The van der Waals surface area contributed by atoms with Gasteiger partial charge >= 0.3 is 0 Å². The van der Waals surface area contributed by atoms with Gasteiger partial charge in [0.05, 0.1) is 24.3 Å². The Morgan fingerprint density at radius 2 is 2.00 bits per heavy atom. The van der Waals surface area contributed by atoms with Gasteiger partial charge in [-0.2, -0.15) is 0 Å². The molecule has 1 fully saturated rings. The van der Waals surface area contributed by atoms with Gasteiger partial charge in [0.1, 0.15) is 11.5 Å². The van der Waals surface area contributed by atoms with Crippen LogP contribution in [-0.4, -0.2) is 42.1 Å². The largest absolute Gasteiger partial charge is 0.507 e. The lowest BCUT2D eigenvalue weighted by molar-refractivity contribution is 0.0336. The van der Waals surface area contributed by atoms with E-state index in [4.69, 9.17) is 21.1 Å². The molecule has 1 N–H and O–H groups in total. The van der Waals surface area contributed by atoms with Crippen molar-refractivity contribution in [2.75, 3.05) is 26.3 Å². The number of hydrogen-bond donors (Lipinski definition) is 1. The molecule has 0 radical (unpaired) electrons. The number of aromatic hydroxyl groups is 1. The molecule has 0 atom stereocenters. The van der Waals surface area contributed by atoms with Gasteiger partial charge < -0.3 is 14.6 Å². The second-order valence-corrected chi connectivity index (χ2v) is 6.76. The van der Waals surface area contributed by atoms with E-state index in [-0.39, 0.29) is 17.3 Å². The zero-order chi connectivity index (χ0) is 18.1. The Morgan fingerprint density at radius 1 is 1.19 bits per heavy atom. The number of morpholine rings is 1. The highest BCUT2D eigenvalue weighted by molar-refractivity contribution is 6.30. The van der Waals surface area contributed by atoms with Gasteiger partial charge in [-0.25, -0.2) is 0 Å². The van der Waals surface area contributed by atoms with Gasteiger partial charge in [0.2, 0.25) is 5.78 Å². The Hall–Kier alpha value is -2.34. The number of ketones is 1. The Labute approximate surface area is 156 Å². The topological polar surface area (TPSA) is 59.0 Å². The molecule has 0 spiro atoms. The number of benzene rings is 2. The molecule has 0 aromatic heterocycles. The maximum absolute atomic E-state index is 12.7. The minimum absolute atomic E-state index is 0.132. The molecule has 0 saturated carbocycles. The van der Waals surface area contributed by atoms with Crippen LogP contribution in [-0.2, 0) is 11.3 Å². The van der Waals surface area contributed by atoms with E-state index in [0.29, 0.717) is 41.7 Å². The van der Waals surface area contributed by atoms with E-state index in [1.807, 2.05) is 12.1 Å². The molecular weight excluding hydrogens is 354 g/mol. The quantitative estimate of drug-likeness (QED) is 0.837. The van der Waals surface area contributed by atoms with Crippen molar-refractivity contribution < 1.29 is 19.4 Å². The molecule has 0 unspecified atom stereocenters. The number of halogens is 1. The van der Waals surface area contributed by atoms with Crippen LogP contribution in [0.2, 0.25) is 5.02 Å². The van der Waals surface area contributed by atoms with Crippen molar-refractivity contribution in [2.24, 2.45) is 0 Å². The number of ether oxygens (including phenoxy) is 2. The fourth-order valence-corrected chi connectivity index (χ4v) is 3.38. The molecule has 26 heavy (non-hydrogen) atoms. The number of Topliss-reactive ketones (excluding diaryl/α,β-unsaturated/α-hetero) is 1. The first kappa shape index (κ1) is 17.1. The van der Waals surface area contributed by atoms with Crippen LogP contribution in [0.25, 0.3) is 6.08 Å². The Bertz CT molecular complexity index is 887. The van der Waals surface area contributed by atoms with Crippen LogP contribution in [0.3, 0.4) is 0 Å². The van der Waals surface area contributed by atoms with Crippen LogP contribution >= 0.6 is 11.6 Å². The summed E-state index contributed by atoms with van der Waals surface area (Å²) < 4.78 is 11.2. The first-order chi connectivity index (χ1) is 12.6. The van der Waals surface area contributed by atoms with Crippen molar-refractivity contribution in [3.05, 3.63) is 63.9 Å². The minimum atomic E-state index is -0.191. The van der Waals surface area contributed by atoms with Crippen LogP contribution in [0.4, 0.5) is 0 Å². The van der Waals surface area contributed by atoms with Gasteiger partial charge in [0.15, 0.2) is 5.76 Å². The predicted octanol–water partition coefficient (Wildman–Crippen LogP) is 3.49. The first-order valence-corrected chi connectivity index (χ1v) is 8.84. The standard InChI is InChI=1S/C20H18ClNO4/c21-14-3-1-2-13(10-14)11-18-19(24)15-4-5-17(23)16(20(15)26-18)12-22-6-8-25-9-7-22/h1-5,10-11,23H,6-9,12H2/b18-11+. The molecule has 2 aromatic rings. The predicted molar refractivity (Wildman–Crippen MR) is 98.6 cm³/mol. The molecule has 134 valence electrons. The van der Waals surface area contributed by atoms with Crippen molar-refractivity contribution in [2.45, 2.75) is 6.54 Å². The lowest BCUT2D eigenvalue weighted by Crippen LogP contribution is -2.35. The lowest BCUT2D eigenvalue weighted by atomic mass is 10.0. The highest BCUT2D eigenvalue weighted by Crippen LogP contribution is 2.40. The zero-order valence-electron chi connectivity index (χ0n) is 14.1. The molecule has 5 nitrogen and oxygen atoms in total. The Morgan fingerprint density at radius 3 is 2.77 bits per heavy atom. The summed E-state index contributed by atoms with van der Waals surface area (Å²) in [6, 6.07) is 10.4. The summed E-state index contributed by atoms with van der Waals surface area (Å²) in [6.45, 7) is 3.39. The number of carbonyl (C=O) groups is 1. The second kappa shape index (κ2) is 7.11. The summed E-state index contributed by atoms with van der Waals surface area (Å²) in [5.41, 5.74) is 1.89. The number of carbonyl (C=O) groups excluding carboxylic acids is 1. The van der Waals surface area contributed by atoms with E-state index in [1.54, 1.807) is 30.3 Å². The Balaban J connectivity index is 1.66. The Kier molecular flexibility index (Phi) is 4.68. The molecule has 6 heteroatoms. The average molecular weight is 372 g/mol. The average Bonchev–Trinajstić information content (AvgIpc) is 2.95. The maximum Gasteiger partial charge on any atom is 0.231 e. The number of nitrogens with zero attached hydrogens (tertiary/aromatic N) is 1. The fraction of sp³-hybridized carbons (Fsp3) is 0.250. The number of rotatable bonds is 3. The van der Waals surface area contributed by atoms with Gasteiger partial charge in [-0.1, -0.05) is 23.7 Å². The summed E-state index contributed by atoms with van der Waals surface area (Å²) in [6.07, 6.45) is 1.67. The van der Waals surface area contributed by atoms with E-state index in [2.05, 4.69) is 4.90 Å². The van der Waals surface area contributed by atoms with Crippen molar-refractivity contribution in [1.82, 2.24) is 4.90 Å². The third kappa shape index (κ3) is 3.33. The minimum Gasteiger partial charge on any atom is -0.507 e. The second-order valence-electron chi connectivity index (χ2n) is 6.32. The van der Waals surface area contributed by atoms with Gasteiger partial charge in [-0.15, -0.1) is 0 Å². The van der Waals surface area contributed by atoms with Crippen molar-refractivity contribution in [3.8, 4) is 11.5 Å². The number of hydrogen-bond acceptors (Lipinski definition) is 5. The van der Waals surface area contributed by atoms with Crippen molar-refractivity contribution in [3.63, 3.8) is 0 Å². The molecule has 0 amide bonds. The SMILES string of the molecule is O=C1/C(=C\c2cccc(Cl)c2)Oc2c1ccc(O)c2CN1CCOCC1. The van der Waals surface area contributed by atoms with Gasteiger partial charge in [-0.3, -0.25) is 9.69 Å². The van der Waals surface area contributed by atoms with Gasteiger partial charge in [-0.05, 0) is 35.9 Å². The van der Waals surface area contributed by atoms with E-state index < -0.39 is 0 Å². The normalized spacial score (nSPS) is 18.8. The number of phenolic OH excluding ortho intramolecular Hbond substituents is 1. The summed E-state index contributed by atoms with van der Waals surface area (Å²) in [5, 5.41) is 10.9. The molecular formula is C20H18ClNO4. The monoisotopic (exact) mass is 371 g/mol. The van der Waals surface area contributed by atoms with Crippen LogP contribution in [0, 0.1) is 0 Å². The first-order valence-electron chi connectivity index (χ1n) is 8.46. The summed E-state index contributed by atoms with van der Waals surface area (Å²) in [7, 11) is 0. The number of phenols is 1. The molecule has 1 saturated heterocycles. The highest BCUT2D eigenvalue weighted by Gasteiger charge is 2.31. The third-order valence-electron chi connectivity index (χ3n) is 4.55. The molecule has 4 rings (SSSR count). The summed E-state index contributed by atoms with van der Waals surface area (Å²) in [5.74, 6) is 0.612. The molecule has 2 heterocycles. The third-order valence-corrected chi connectivity index (χ3v) is 4.78. The highest BCUT2D eigenvalue weighted by atomic mass is 35.5. The van der Waals surface area contributed by atoms with E-state index >= 15 is 0 Å². The lowest BCUT2D eigenvalue weighted by Gasteiger charge is -2.27. The number of allylic oxidation sites excluding steroid dienone is 1. The molecule has 2 aliphatic rings. The van der Waals surface area contributed by atoms with Gasteiger partial charge in [0, 0.05) is 24.7 Å². The van der Waals surface area contributed by atoms with E-state index in [0.717, 1.165) is 18.7 Å².